The summed E-state index contributed by atoms with van der Waals surface area (Å²) in [7, 11) is 0. The molecule has 0 aliphatic heterocycles. The Kier molecular flexibility index (Phi) is 3.79. The van der Waals surface area contributed by atoms with E-state index in [0.29, 0.717) is 12.0 Å². The summed E-state index contributed by atoms with van der Waals surface area (Å²) < 4.78 is 1.90. The van der Waals surface area contributed by atoms with E-state index in [1.54, 1.807) is 6.20 Å². The molecule has 0 fully saturated rings. The molecule has 1 aromatic heterocycles. The molecule has 2 aromatic rings. The van der Waals surface area contributed by atoms with Crippen LogP contribution in [0.4, 0.5) is 5.69 Å². The minimum Gasteiger partial charge on any atom is -0.478 e. The fraction of sp³-hybridized carbons (Fsp3) is 0.231. The molecule has 1 N–H and O–H groups in total. The predicted octanol–water partition coefficient (Wildman–Crippen LogP) is 2.10. The van der Waals surface area contributed by atoms with E-state index < -0.39 is 10.9 Å². The molecule has 0 atom stereocenters. The summed E-state index contributed by atoms with van der Waals surface area (Å²) in [5.74, 6) is -0.446. The highest BCUT2D eigenvalue weighted by Crippen LogP contribution is 2.19. The smallest absolute Gasteiger partial charge is 0.335 e. The predicted molar refractivity (Wildman–Crippen MR) is 70.8 cm³/mol. The standard InChI is InChI=1S/C13H13N3O4/c1-2-15-4-3-14-12(15)7-9-5-10(13(17)18)8-11(6-9)16(19)20/h3-6,8H,2,7H2,1H3,(H,17,18). The van der Waals surface area contributed by atoms with Crippen molar-refractivity contribution < 1.29 is 14.8 Å². The zero-order valence-corrected chi connectivity index (χ0v) is 10.8. The summed E-state index contributed by atoms with van der Waals surface area (Å²) in [6, 6.07) is 3.86. The Morgan fingerprint density at radius 2 is 2.20 bits per heavy atom. The molecular formula is C13H13N3O4. The van der Waals surface area contributed by atoms with Gasteiger partial charge in [-0.15, -0.1) is 0 Å². The molecule has 0 aliphatic carbocycles. The number of hydrogen-bond acceptors (Lipinski definition) is 4. The molecule has 0 unspecified atom stereocenters. The number of hydrogen-bond donors (Lipinski definition) is 1. The molecule has 0 bridgehead atoms. The normalized spacial score (nSPS) is 10.4. The van der Waals surface area contributed by atoms with E-state index in [0.717, 1.165) is 18.4 Å². The molecule has 20 heavy (non-hydrogen) atoms. The largest absolute Gasteiger partial charge is 0.478 e. The van der Waals surface area contributed by atoms with E-state index in [9.17, 15) is 14.9 Å². The van der Waals surface area contributed by atoms with Crippen LogP contribution in [0.5, 0.6) is 0 Å². The molecule has 0 radical (unpaired) electrons. The number of aromatic carboxylic acids is 1. The first-order valence-corrected chi connectivity index (χ1v) is 6.03. The number of aryl methyl sites for hydroxylation is 1. The highest BCUT2D eigenvalue weighted by atomic mass is 16.6. The number of non-ortho nitro benzene ring substituents is 1. The van der Waals surface area contributed by atoms with Gasteiger partial charge in [-0.3, -0.25) is 10.1 Å². The number of carboxylic acids is 1. The van der Waals surface area contributed by atoms with Gasteiger partial charge in [0, 0.05) is 37.5 Å². The topological polar surface area (TPSA) is 98.3 Å². The number of nitro groups is 1. The summed E-state index contributed by atoms with van der Waals surface area (Å²) in [6.07, 6.45) is 3.81. The lowest BCUT2D eigenvalue weighted by Gasteiger charge is -2.06. The Balaban J connectivity index is 2.40. The molecule has 0 amide bonds. The van der Waals surface area contributed by atoms with Gasteiger partial charge in [0.05, 0.1) is 10.5 Å². The number of carbonyl (C=O) groups is 1. The van der Waals surface area contributed by atoms with Crippen molar-refractivity contribution in [1.29, 1.82) is 0 Å². The Labute approximate surface area is 114 Å². The molecule has 2 rings (SSSR count). The van der Waals surface area contributed by atoms with Crippen molar-refractivity contribution >= 4 is 11.7 Å². The van der Waals surface area contributed by atoms with E-state index in [-0.39, 0.29) is 11.3 Å². The van der Waals surface area contributed by atoms with E-state index in [1.807, 2.05) is 17.7 Å². The molecule has 0 spiro atoms. The summed E-state index contributed by atoms with van der Waals surface area (Å²) in [5.41, 5.74) is 0.232. The summed E-state index contributed by atoms with van der Waals surface area (Å²) >= 11 is 0. The van der Waals surface area contributed by atoms with Gasteiger partial charge in [-0.25, -0.2) is 9.78 Å². The van der Waals surface area contributed by atoms with Crippen LogP contribution in [-0.2, 0) is 13.0 Å². The average Bonchev–Trinajstić information content (AvgIpc) is 2.85. The van der Waals surface area contributed by atoms with Crippen LogP contribution in [0.2, 0.25) is 0 Å². The van der Waals surface area contributed by atoms with Crippen LogP contribution in [0, 0.1) is 10.1 Å². The Hall–Kier alpha value is -2.70. The van der Waals surface area contributed by atoms with E-state index in [1.165, 1.54) is 12.1 Å². The zero-order valence-electron chi connectivity index (χ0n) is 10.8. The second kappa shape index (κ2) is 5.52. The van der Waals surface area contributed by atoms with Gasteiger partial charge in [-0.1, -0.05) is 0 Å². The van der Waals surface area contributed by atoms with E-state index in [4.69, 9.17) is 5.11 Å². The monoisotopic (exact) mass is 275 g/mol. The van der Waals surface area contributed by atoms with Gasteiger partial charge in [0.2, 0.25) is 0 Å². The van der Waals surface area contributed by atoms with E-state index >= 15 is 0 Å². The Morgan fingerprint density at radius 1 is 1.45 bits per heavy atom. The maximum atomic E-state index is 11.0. The maximum Gasteiger partial charge on any atom is 0.335 e. The number of nitrogens with zero attached hydrogens (tertiary/aromatic N) is 3. The second-order valence-electron chi connectivity index (χ2n) is 4.26. The Morgan fingerprint density at radius 3 is 2.80 bits per heavy atom. The molecule has 1 heterocycles. The number of aromatic nitrogens is 2. The van der Waals surface area contributed by atoms with Gasteiger partial charge < -0.3 is 9.67 Å². The first kappa shape index (κ1) is 13.7. The zero-order chi connectivity index (χ0) is 14.7. The second-order valence-corrected chi connectivity index (χ2v) is 4.26. The quantitative estimate of drug-likeness (QED) is 0.665. The lowest BCUT2D eigenvalue weighted by molar-refractivity contribution is -0.384. The van der Waals surface area contributed by atoms with Crippen molar-refractivity contribution in [1.82, 2.24) is 9.55 Å². The Bertz CT molecular complexity index is 631. The fourth-order valence-electron chi connectivity index (χ4n) is 1.98. The van der Waals surface area contributed by atoms with Crippen LogP contribution < -0.4 is 0 Å². The number of rotatable bonds is 5. The van der Waals surface area contributed by atoms with E-state index in [2.05, 4.69) is 4.98 Å². The lowest BCUT2D eigenvalue weighted by atomic mass is 10.1. The van der Waals surface area contributed by atoms with Crippen LogP contribution in [-0.4, -0.2) is 25.6 Å². The van der Waals surface area contributed by atoms with Crippen molar-refractivity contribution in [2.45, 2.75) is 19.9 Å². The van der Waals surface area contributed by atoms with Crippen LogP contribution >= 0.6 is 0 Å². The highest BCUT2D eigenvalue weighted by Gasteiger charge is 2.15. The van der Waals surface area contributed by atoms with Gasteiger partial charge in [0.25, 0.3) is 5.69 Å². The van der Waals surface area contributed by atoms with Crippen molar-refractivity contribution in [2.24, 2.45) is 0 Å². The third-order valence-corrected chi connectivity index (χ3v) is 2.94. The first-order valence-electron chi connectivity index (χ1n) is 6.03. The third-order valence-electron chi connectivity index (χ3n) is 2.94. The van der Waals surface area contributed by atoms with Crippen LogP contribution in [0.1, 0.15) is 28.7 Å². The number of imidazole rings is 1. The summed E-state index contributed by atoms with van der Waals surface area (Å²) in [5, 5.41) is 19.8. The maximum absolute atomic E-state index is 11.0. The highest BCUT2D eigenvalue weighted by molar-refractivity contribution is 5.88. The van der Waals surface area contributed by atoms with Gasteiger partial charge in [-0.05, 0) is 18.6 Å². The summed E-state index contributed by atoms with van der Waals surface area (Å²) in [6.45, 7) is 2.69. The molecule has 0 aliphatic rings. The first-order chi connectivity index (χ1) is 9.51. The SMILES string of the molecule is CCn1ccnc1Cc1cc(C(=O)O)cc([N+](=O)[O-])c1. The van der Waals surface area contributed by atoms with Gasteiger partial charge in [-0.2, -0.15) is 0 Å². The molecular weight excluding hydrogens is 262 g/mol. The lowest BCUT2D eigenvalue weighted by Crippen LogP contribution is -2.04. The molecule has 1 aromatic carbocycles. The number of carboxylic acid groups (broad SMARTS) is 1. The molecule has 7 nitrogen and oxygen atoms in total. The number of benzene rings is 1. The molecule has 0 saturated heterocycles. The molecule has 0 saturated carbocycles. The third kappa shape index (κ3) is 2.82. The van der Waals surface area contributed by atoms with Crippen molar-refractivity contribution in [3.8, 4) is 0 Å². The molecule has 7 heteroatoms. The molecule has 104 valence electrons. The van der Waals surface area contributed by atoms with Crippen LogP contribution in [0.25, 0.3) is 0 Å². The van der Waals surface area contributed by atoms with Crippen LogP contribution in [0.3, 0.4) is 0 Å². The fourth-order valence-corrected chi connectivity index (χ4v) is 1.98. The van der Waals surface area contributed by atoms with Gasteiger partial charge >= 0.3 is 5.97 Å². The minimum atomic E-state index is -1.19. The average molecular weight is 275 g/mol. The number of nitro benzene ring substituents is 1. The summed E-state index contributed by atoms with van der Waals surface area (Å²) in [4.78, 5) is 25.4. The van der Waals surface area contributed by atoms with Gasteiger partial charge in [0.1, 0.15) is 5.82 Å². The van der Waals surface area contributed by atoms with Gasteiger partial charge in [0.15, 0.2) is 0 Å². The van der Waals surface area contributed by atoms with Crippen molar-refractivity contribution in [3.63, 3.8) is 0 Å². The van der Waals surface area contributed by atoms with Crippen molar-refractivity contribution in [3.05, 3.63) is 57.7 Å². The van der Waals surface area contributed by atoms with Crippen LogP contribution in [0.15, 0.2) is 30.6 Å². The minimum absolute atomic E-state index is 0.0937. The van der Waals surface area contributed by atoms with Crippen molar-refractivity contribution in [2.75, 3.05) is 0 Å².